The largest absolute Gasteiger partial charge is 0.382 e. The summed E-state index contributed by atoms with van der Waals surface area (Å²) in [6.45, 7) is 1.16. The Labute approximate surface area is 115 Å². The van der Waals surface area contributed by atoms with E-state index in [1.54, 1.807) is 11.0 Å². The number of anilines is 1. The summed E-state index contributed by atoms with van der Waals surface area (Å²) in [5, 5.41) is 3.21. The number of urea groups is 1. The van der Waals surface area contributed by atoms with Gasteiger partial charge in [-0.15, -0.1) is 0 Å². The third-order valence-electron chi connectivity index (χ3n) is 3.41. The molecule has 7 heteroatoms. The lowest BCUT2D eigenvalue weighted by atomic mass is 10.0. The number of carbonyl (C=O) groups excluding carboxylic acids is 2. The number of benzene rings is 1. The number of hydrogen-bond donors (Lipinski definition) is 3. The summed E-state index contributed by atoms with van der Waals surface area (Å²) >= 11 is 0. The Morgan fingerprint density at radius 1 is 1.25 bits per heavy atom. The standard InChI is InChI=1S/C13H17FN4O2/c14-11-2-1-9(7-10(11)12(15)19)17-8-3-5-18(6-4-8)13(16)20/h1-2,7-8,17H,3-6H2,(H2,15,19)(H2,16,20). The molecule has 1 aliphatic rings. The summed E-state index contributed by atoms with van der Waals surface area (Å²) in [6, 6.07) is 3.90. The number of likely N-dealkylation sites (tertiary alicyclic amines) is 1. The van der Waals surface area contributed by atoms with Gasteiger partial charge in [-0.1, -0.05) is 0 Å². The van der Waals surface area contributed by atoms with Gasteiger partial charge < -0.3 is 21.7 Å². The topological polar surface area (TPSA) is 101 Å². The Morgan fingerprint density at radius 2 is 1.90 bits per heavy atom. The van der Waals surface area contributed by atoms with Crippen molar-refractivity contribution in [3.05, 3.63) is 29.6 Å². The maximum Gasteiger partial charge on any atom is 0.314 e. The number of nitrogens with zero attached hydrogens (tertiary/aromatic N) is 1. The summed E-state index contributed by atoms with van der Waals surface area (Å²) < 4.78 is 13.4. The molecule has 0 saturated carbocycles. The predicted octanol–water partition coefficient (Wildman–Crippen LogP) is 0.880. The van der Waals surface area contributed by atoms with Crippen molar-refractivity contribution in [3.8, 4) is 0 Å². The Bertz CT molecular complexity index is 527. The van der Waals surface area contributed by atoms with E-state index in [1.807, 2.05) is 0 Å². The van der Waals surface area contributed by atoms with Crippen LogP contribution in [0.3, 0.4) is 0 Å². The molecule has 6 nitrogen and oxygen atoms in total. The van der Waals surface area contributed by atoms with Crippen LogP contribution in [0.1, 0.15) is 23.2 Å². The van der Waals surface area contributed by atoms with E-state index in [0.29, 0.717) is 18.8 Å². The van der Waals surface area contributed by atoms with Crippen LogP contribution in [-0.2, 0) is 0 Å². The highest BCUT2D eigenvalue weighted by molar-refractivity contribution is 5.94. The van der Waals surface area contributed by atoms with E-state index < -0.39 is 17.8 Å². The first-order chi connectivity index (χ1) is 9.47. The molecule has 20 heavy (non-hydrogen) atoms. The highest BCUT2D eigenvalue weighted by Crippen LogP contribution is 2.19. The zero-order chi connectivity index (χ0) is 14.7. The molecule has 0 radical (unpaired) electrons. The van der Waals surface area contributed by atoms with Crippen LogP contribution in [0.25, 0.3) is 0 Å². The summed E-state index contributed by atoms with van der Waals surface area (Å²) in [4.78, 5) is 23.7. The van der Waals surface area contributed by atoms with Crippen molar-refractivity contribution in [2.24, 2.45) is 11.5 Å². The highest BCUT2D eigenvalue weighted by atomic mass is 19.1. The molecule has 1 fully saturated rings. The summed E-state index contributed by atoms with van der Waals surface area (Å²) in [7, 11) is 0. The van der Waals surface area contributed by atoms with Crippen LogP contribution in [-0.4, -0.2) is 36.0 Å². The van der Waals surface area contributed by atoms with E-state index in [4.69, 9.17) is 11.5 Å². The molecule has 108 valence electrons. The van der Waals surface area contributed by atoms with Crippen LogP contribution in [0.15, 0.2) is 18.2 Å². The first-order valence-electron chi connectivity index (χ1n) is 6.37. The number of piperidine rings is 1. The normalized spacial score (nSPS) is 15.9. The fourth-order valence-electron chi connectivity index (χ4n) is 2.28. The second-order valence-electron chi connectivity index (χ2n) is 4.80. The van der Waals surface area contributed by atoms with Gasteiger partial charge in [0, 0.05) is 24.8 Å². The number of carbonyl (C=O) groups is 2. The van der Waals surface area contributed by atoms with Crippen molar-refractivity contribution < 1.29 is 14.0 Å². The molecule has 2 rings (SSSR count). The lowest BCUT2D eigenvalue weighted by molar-refractivity contribution is 0.0996. The first-order valence-corrected chi connectivity index (χ1v) is 6.37. The van der Waals surface area contributed by atoms with Gasteiger partial charge in [0.25, 0.3) is 5.91 Å². The van der Waals surface area contributed by atoms with Gasteiger partial charge in [0.2, 0.25) is 0 Å². The van der Waals surface area contributed by atoms with E-state index in [9.17, 15) is 14.0 Å². The molecule has 0 bridgehead atoms. The lowest BCUT2D eigenvalue weighted by Gasteiger charge is -2.31. The Hall–Kier alpha value is -2.31. The molecule has 0 unspecified atom stereocenters. The minimum absolute atomic E-state index is 0.135. The number of halogens is 1. The van der Waals surface area contributed by atoms with Crippen LogP contribution >= 0.6 is 0 Å². The first kappa shape index (κ1) is 14.1. The molecule has 1 saturated heterocycles. The molecule has 3 amide bonds. The Morgan fingerprint density at radius 3 is 2.45 bits per heavy atom. The smallest absolute Gasteiger partial charge is 0.314 e. The molecule has 5 N–H and O–H groups in total. The summed E-state index contributed by atoms with van der Waals surface area (Å²) in [5.74, 6) is -1.43. The van der Waals surface area contributed by atoms with E-state index in [-0.39, 0.29) is 11.6 Å². The van der Waals surface area contributed by atoms with Gasteiger partial charge in [-0.25, -0.2) is 9.18 Å². The monoisotopic (exact) mass is 280 g/mol. The average molecular weight is 280 g/mol. The molecule has 1 aliphatic heterocycles. The number of nitrogens with one attached hydrogen (secondary N) is 1. The van der Waals surface area contributed by atoms with Gasteiger partial charge in [-0.05, 0) is 31.0 Å². The number of rotatable bonds is 3. The third-order valence-corrected chi connectivity index (χ3v) is 3.41. The number of nitrogens with two attached hydrogens (primary N) is 2. The van der Waals surface area contributed by atoms with E-state index in [1.165, 1.54) is 12.1 Å². The maximum atomic E-state index is 13.4. The minimum atomic E-state index is -0.797. The fraction of sp³-hybridized carbons (Fsp3) is 0.385. The number of hydrogen-bond acceptors (Lipinski definition) is 3. The second-order valence-corrected chi connectivity index (χ2v) is 4.80. The van der Waals surface area contributed by atoms with Crippen LogP contribution in [0.5, 0.6) is 0 Å². The van der Waals surface area contributed by atoms with Crippen LogP contribution in [0.4, 0.5) is 14.9 Å². The van der Waals surface area contributed by atoms with Crippen LogP contribution in [0.2, 0.25) is 0 Å². The Kier molecular flexibility index (Phi) is 4.07. The Balaban J connectivity index is 1.99. The van der Waals surface area contributed by atoms with Crippen molar-refractivity contribution in [1.82, 2.24) is 4.90 Å². The molecule has 1 heterocycles. The van der Waals surface area contributed by atoms with Gasteiger partial charge in [-0.3, -0.25) is 4.79 Å². The van der Waals surface area contributed by atoms with E-state index in [2.05, 4.69) is 5.32 Å². The maximum absolute atomic E-state index is 13.4. The SMILES string of the molecule is NC(=O)c1cc(NC2CCN(C(N)=O)CC2)ccc1F. The minimum Gasteiger partial charge on any atom is -0.382 e. The highest BCUT2D eigenvalue weighted by Gasteiger charge is 2.21. The van der Waals surface area contributed by atoms with Gasteiger partial charge in [-0.2, -0.15) is 0 Å². The molecule has 0 atom stereocenters. The van der Waals surface area contributed by atoms with Crippen molar-refractivity contribution in [1.29, 1.82) is 0 Å². The van der Waals surface area contributed by atoms with Crippen LogP contribution < -0.4 is 16.8 Å². The van der Waals surface area contributed by atoms with Crippen molar-refractivity contribution in [2.45, 2.75) is 18.9 Å². The van der Waals surface area contributed by atoms with Gasteiger partial charge >= 0.3 is 6.03 Å². The van der Waals surface area contributed by atoms with E-state index >= 15 is 0 Å². The average Bonchev–Trinajstić information content (AvgIpc) is 2.41. The fourth-order valence-corrected chi connectivity index (χ4v) is 2.28. The van der Waals surface area contributed by atoms with Crippen LogP contribution in [0, 0.1) is 5.82 Å². The summed E-state index contributed by atoms with van der Waals surface area (Å²) in [5.41, 5.74) is 10.8. The number of primary amides is 2. The molecule has 0 aliphatic carbocycles. The van der Waals surface area contributed by atoms with Gasteiger partial charge in [0.15, 0.2) is 0 Å². The van der Waals surface area contributed by atoms with Gasteiger partial charge in [0.1, 0.15) is 5.82 Å². The molecular weight excluding hydrogens is 263 g/mol. The molecule has 0 spiro atoms. The molecule has 1 aromatic rings. The summed E-state index contributed by atoms with van der Waals surface area (Å²) in [6.07, 6.45) is 1.48. The molecule has 1 aromatic carbocycles. The number of amides is 3. The lowest BCUT2D eigenvalue weighted by Crippen LogP contribution is -2.44. The molecular formula is C13H17FN4O2. The second kappa shape index (κ2) is 5.77. The third kappa shape index (κ3) is 3.17. The van der Waals surface area contributed by atoms with E-state index in [0.717, 1.165) is 12.8 Å². The zero-order valence-corrected chi connectivity index (χ0v) is 10.9. The zero-order valence-electron chi connectivity index (χ0n) is 10.9. The van der Waals surface area contributed by atoms with Gasteiger partial charge in [0.05, 0.1) is 5.56 Å². The quantitative estimate of drug-likeness (QED) is 0.766. The predicted molar refractivity (Wildman–Crippen MR) is 72.7 cm³/mol. The van der Waals surface area contributed by atoms with Crippen molar-refractivity contribution in [3.63, 3.8) is 0 Å². The van der Waals surface area contributed by atoms with Crippen molar-refractivity contribution in [2.75, 3.05) is 18.4 Å². The van der Waals surface area contributed by atoms with Crippen molar-refractivity contribution >= 4 is 17.6 Å². The molecule has 0 aromatic heterocycles.